The van der Waals surface area contributed by atoms with Crippen molar-refractivity contribution in [2.24, 2.45) is 0 Å². The van der Waals surface area contributed by atoms with Crippen LogP contribution >= 0.6 is 0 Å². The fourth-order valence-electron chi connectivity index (χ4n) is 2.42. The number of rotatable bonds is 2. The third-order valence-electron chi connectivity index (χ3n) is 3.36. The fourth-order valence-corrected chi connectivity index (χ4v) is 2.42. The number of hydrogen-bond donors (Lipinski definition) is 2. The van der Waals surface area contributed by atoms with Crippen molar-refractivity contribution in [3.63, 3.8) is 0 Å². The Morgan fingerprint density at radius 2 is 2.00 bits per heavy atom. The maximum atomic E-state index is 13.6. The van der Waals surface area contributed by atoms with Gasteiger partial charge in [-0.15, -0.1) is 0 Å². The molecule has 0 radical (unpaired) electrons. The minimum absolute atomic E-state index is 0.399. The monoisotopic (exact) mass is 267 g/mol. The Bertz CT molecular complexity index is 517. The van der Waals surface area contributed by atoms with E-state index >= 15 is 0 Å². The Hall–Kier alpha value is -2.11. The predicted molar refractivity (Wildman–Crippen MR) is 64.7 cm³/mol. The zero-order chi connectivity index (χ0) is 14.0. The summed E-state index contributed by atoms with van der Waals surface area (Å²) in [4.78, 5) is 23.2. The quantitative estimate of drug-likeness (QED) is 0.863. The molecule has 2 N–H and O–H groups in total. The number of aromatic carboxylic acids is 1. The van der Waals surface area contributed by atoms with E-state index < -0.39 is 29.5 Å². The molecule has 0 bridgehead atoms. The first-order chi connectivity index (χ1) is 9.00. The van der Waals surface area contributed by atoms with Crippen LogP contribution in [0, 0.1) is 5.82 Å². The van der Waals surface area contributed by atoms with E-state index in [1.165, 1.54) is 17.0 Å². The van der Waals surface area contributed by atoms with Crippen molar-refractivity contribution in [3.05, 3.63) is 35.1 Å². The highest BCUT2D eigenvalue weighted by atomic mass is 19.1. The van der Waals surface area contributed by atoms with Crippen LogP contribution < -0.4 is 0 Å². The predicted octanol–water partition coefficient (Wildman–Crippen LogP) is 2.73. The fraction of sp³-hybridized carbons (Fsp3) is 0.385. The van der Waals surface area contributed by atoms with E-state index in [4.69, 9.17) is 10.2 Å². The van der Waals surface area contributed by atoms with Crippen LogP contribution in [0.15, 0.2) is 18.2 Å². The summed E-state index contributed by atoms with van der Waals surface area (Å²) in [5.74, 6) is -2.16. The molecule has 0 aliphatic carbocycles. The second-order valence-corrected chi connectivity index (χ2v) is 4.53. The van der Waals surface area contributed by atoms with E-state index in [1.807, 2.05) is 0 Å². The van der Waals surface area contributed by atoms with Gasteiger partial charge < -0.3 is 15.1 Å². The van der Waals surface area contributed by atoms with Gasteiger partial charge in [0.15, 0.2) is 0 Å². The van der Waals surface area contributed by atoms with Crippen molar-refractivity contribution in [1.29, 1.82) is 0 Å². The molecule has 1 aliphatic heterocycles. The normalized spacial score (nSPS) is 19.2. The summed E-state index contributed by atoms with van der Waals surface area (Å²) in [5.41, 5.74) is 0.103. The zero-order valence-corrected chi connectivity index (χ0v) is 10.2. The smallest absolute Gasteiger partial charge is 0.407 e. The molecule has 1 aromatic rings. The molecule has 1 fully saturated rings. The Morgan fingerprint density at radius 3 is 2.58 bits per heavy atom. The zero-order valence-electron chi connectivity index (χ0n) is 10.2. The molecule has 0 saturated carbocycles. The van der Waals surface area contributed by atoms with Crippen LogP contribution in [0.2, 0.25) is 0 Å². The Balaban J connectivity index is 2.32. The van der Waals surface area contributed by atoms with Crippen molar-refractivity contribution in [1.82, 2.24) is 4.90 Å². The number of benzene rings is 1. The third-order valence-corrected chi connectivity index (χ3v) is 3.36. The Labute approximate surface area is 109 Å². The topological polar surface area (TPSA) is 77.8 Å². The minimum Gasteiger partial charge on any atom is -0.478 e. The molecular weight excluding hydrogens is 253 g/mol. The van der Waals surface area contributed by atoms with Crippen LogP contribution in [-0.4, -0.2) is 33.7 Å². The van der Waals surface area contributed by atoms with Crippen LogP contribution in [-0.2, 0) is 0 Å². The van der Waals surface area contributed by atoms with Crippen molar-refractivity contribution in [2.45, 2.75) is 25.3 Å². The first kappa shape index (κ1) is 13.3. The molecule has 1 amide bonds. The van der Waals surface area contributed by atoms with Gasteiger partial charge in [0.25, 0.3) is 0 Å². The highest BCUT2D eigenvalue weighted by molar-refractivity contribution is 5.87. The lowest BCUT2D eigenvalue weighted by atomic mass is 9.95. The van der Waals surface area contributed by atoms with Gasteiger partial charge in [-0.2, -0.15) is 0 Å². The van der Waals surface area contributed by atoms with Crippen molar-refractivity contribution in [3.8, 4) is 0 Å². The number of halogens is 1. The lowest BCUT2D eigenvalue weighted by Gasteiger charge is -2.33. The molecule has 1 atom stereocenters. The molecule has 0 unspecified atom stereocenters. The molecule has 0 aromatic heterocycles. The van der Waals surface area contributed by atoms with Crippen molar-refractivity contribution in [2.75, 3.05) is 6.54 Å². The summed E-state index contributed by atoms with van der Waals surface area (Å²) in [6.07, 6.45) is 1.25. The number of likely N-dealkylation sites (tertiary alicyclic amines) is 1. The maximum Gasteiger partial charge on any atom is 0.407 e. The molecule has 102 valence electrons. The minimum atomic E-state index is -1.33. The van der Waals surface area contributed by atoms with Crippen LogP contribution in [0.4, 0.5) is 9.18 Å². The van der Waals surface area contributed by atoms with Gasteiger partial charge in [0.2, 0.25) is 0 Å². The van der Waals surface area contributed by atoms with Gasteiger partial charge in [-0.3, -0.25) is 0 Å². The van der Waals surface area contributed by atoms with Gasteiger partial charge in [0.05, 0.1) is 11.6 Å². The van der Waals surface area contributed by atoms with E-state index in [0.29, 0.717) is 18.5 Å². The summed E-state index contributed by atoms with van der Waals surface area (Å²) in [6, 6.07) is 3.39. The summed E-state index contributed by atoms with van der Waals surface area (Å²) in [6.45, 7) is 0.419. The molecule has 0 spiro atoms. The molecule has 1 aliphatic rings. The van der Waals surface area contributed by atoms with Crippen LogP contribution in [0.3, 0.4) is 0 Å². The average Bonchev–Trinajstić information content (AvgIpc) is 2.38. The SMILES string of the molecule is O=C(O)c1ccc([C@H]2CCCCN2C(=O)O)cc1F. The number of piperidine rings is 1. The number of nitrogens with zero attached hydrogens (tertiary/aromatic N) is 1. The average molecular weight is 267 g/mol. The van der Waals surface area contributed by atoms with E-state index in [1.54, 1.807) is 0 Å². The molecule has 5 nitrogen and oxygen atoms in total. The lowest BCUT2D eigenvalue weighted by Crippen LogP contribution is -2.37. The van der Waals surface area contributed by atoms with Gasteiger partial charge >= 0.3 is 12.1 Å². The second-order valence-electron chi connectivity index (χ2n) is 4.53. The summed E-state index contributed by atoms with van der Waals surface area (Å²) in [5, 5.41) is 17.9. The Morgan fingerprint density at radius 1 is 1.26 bits per heavy atom. The number of carbonyl (C=O) groups is 2. The van der Waals surface area contributed by atoms with Gasteiger partial charge in [-0.25, -0.2) is 14.0 Å². The largest absolute Gasteiger partial charge is 0.478 e. The van der Waals surface area contributed by atoms with E-state index in [9.17, 15) is 14.0 Å². The Kier molecular flexibility index (Phi) is 3.69. The first-order valence-corrected chi connectivity index (χ1v) is 6.03. The molecule has 19 heavy (non-hydrogen) atoms. The number of carboxylic acids is 1. The van der Waals surface area contributed by atoms with Crippen molar-refractivity contribution >= 4 is 12.1 Å². The highest BCUT2D eigenvalue weighted by Gasteiger charge is 2.28. The number of carboxylic acid groups (broad SMARTS) is 2. The van der Waals surface area contributed by atoms with Crippen LogP contribution in [0.5, 0.6) is 0 Å². The molecule has 1 heterocycles. The number of amides is 1. The van der Waals surface area contributed by atoms with E-state index in [-0.39, 0.29) is 0 Å². The van der Waals surface area contributed by atoms with Gasteiger partial charge in [0.1, 0.15) is 5.82 Å². The molecular formula is C13H14FNO4. The van der Waals surface area contributed by atoms with Gasteiger partial charge in [-0.05, 0) is 37.0 Å². The van der Waals surface area contributed by atoms with Gasteiger partial charge in [-0.1, -0.05) is 6.07 Å². The summed E-state index contributed by atoms with van der Waals surface area (Å²) in [7, 11) is 0. The molecule has 2 rings (SSSR count). The number of hydrogen-bond acceptors (Lipinski definition) is 2. The summed E-state index contributed by atoms with van der Waals surface area (Å²) < 4.78 is 13.6. The maximum absolute atomic E-state index is 13.6. The summed E-state index contributed by atoms with van der Waals surface area (Å²) >= 11 is 0. The second kappa shape index (κ2) is 5.26. The standard InChI is InChI=1S/C13H14FNO4/c14-10-7-8(4-5-9(10)12(16)17)11-3-1-2-6-15(11)13(18)19/h4-5,7,11H,1-3,6H2,(H,16,17)(H,18,19)/t11-/m1/s1. The van der Waals surface area contributed by atoms with Crippen LogP contribution in [0.1, 0.15) is 41.2 Å². The first-order valence-electron chi connectivity index (χ1n) is 6.03. The highest BCUT2D eigenvalue weighted by Crippen LogP contribution is 2.31. The van der Waals surface area contributed by atoms with Gasteiger partial charge in [0, 0.05) is 6.54 Å². The van der Waals surface area contributed by atoms with E-state index in [0.717, 1.165) is 18.9 Å². The third kappa shape index (κ3) is 2.67. The molecule has 6 heteroatoms. The molecule has 1 saturated heterocycles. The lowest BCUT2D eigenvalue weighted by molar-refractivity contribution is 0.0691. The van der Waals surface area contributed by atoms with E-state index in [2.05, 4.69) is 0 Å². The molecule has 1 aromatic carbocycles. The van der Waals surface area contributed by atoms with Crippen molar-refractivity contribution < 1.29 is 24.2 Å². The van der Waals surface area contributed by atoms with Crippen LogP contribution in [0.25, 0.3) is 0 Å².